The monoisotopic (exact) mass is 399 g/mol. The second kappa shape index (κ2) is 15.1. The molecule has 0 saturated heterocycles. The van der Waals surface area contributed by atoms with Crippen LogP contribution in [0.15, 0.2) is 12.2 Å². The van der Waals surface area contributed by atoms with Crippen molar-refractivity contribution < 1.29 is 33.8 Å². The molecule has 0 aromatic rings. The lowest BCUT2D eigenvalue weighted by Gasteiger charge is -2.29. The van der Waals surface area contributed by atoms with Crippen molar-refractivity contribution in [2.45, 2.75) is 76.7 Å². The van der Waals surface area contributed by atoms with Crippen molar-refractivity contribution in [3.05, 3.63) is 12.2 Å². The van der Waals surface area contributed by atoms with Crippen LogP contribution in [0.4, 0.5) is 0 Å². The van der Waals surface area contributed by atoms with Gasteiger partial charge in [0.15, 0.2) is 6.10 Å². The van der Waals surface area contributed by atoms with Gasteiger partial charge in [-0.1, -0.05) is 31.4 Å². The number of aliphatic carboxylic acids is 2. The minimum absolute atomic E-state index is 0.256. The molecule has 0 amide bonds. The molecule has 1 atom stereocenters. The number of quaternary nitrogens is 1. The van der Waals surface area contributed by atoms with E-state index in [0.29, 0.717) is 17.4 Å². The van der Waals surface area contributed by atoms with Crippen LogP contribution in [0.2, 0.25) is 0 Å². The Balaban J connectivity index is 3.79. The highest BCUT2D eigenvalue weighted by Gasteiger charge is 2.22. The molecule has 0 bridgehead atoms. The van der Waals surface area contributed by atoms with Gasteiger partial charge in [-0.2, -0.15) is 0 Å². The van der Waals surface area contributed by atoms with Gasteiger partial charge < -0.3 is 24.2 Å². The van der Waals surface area contributed by atoms with E-state index in [1.165, 1.54) is 0 Å². The van der Waals surface area contributed by atoms with Crippen LogP contribution in [-0.4, -0.2) is 61.3 Å². The van der Waals surface area contributed by atoms with Gasteiger partial charge in [-0.25, -0.2) is 0 Å². The summed E-state index contributed by atoms with van der Waals surface area (Å²) in [7, 11) is 5.74. The van der Waals surface area contributed by atoms with Gasteiger partial charge in [0.25, 0.3) is 0 Å². The second-order valence-corrected chi connectivity index (χ2v) is 8.22. The van der Waals surface area contributed by atoms with E-state index in [1.807, 2.05) is 21.1 Å². The normalized spacial score (nSPS) is 12.8. The molecule has 0 spiro atoms. The standard InChI is InChI=1S/C21H37NO6/c1-22(2,3)17-18(16-20(25)26)28-21(27)15-13-11-9-7-5-4-6-8-10-12-14-19(23)24/h7,9,18H,4-6,8,10-17H2,1-3H3,(H-,23,24,25,26)/b9-7+. The molecule has 0 aliphatic rings. The quantitative estimate of drug-likeness (QED) is 0.174. The fraction of sp³-hybridized carbons (Fsp3) is 0.762. The molecule has 0 aliphatic heterocycles. The molecular formula is C21H37NO6. The van der Waals surface area contributed by atoms with Crippen LogP contribution >= 0.6 is 0 Å². The molecule has 0 heterocycles. The van der Waals surface area contributed by atoms with E-state index >= 15 is 0 Å². The number of likely N-dealkylation sites (N-methyl/N-ethyl adjacent to an activating group) is 1. The molecule has 1 N–H and O–H groups in total. The van der Waals surface area contributed by atoms with E-state index in [-0.39, 0.29) is 25.2 Å². The summed E-state index contributed by atoms with van der Waals surface area (Å²) in [5, 5.41) is 19.4. The Hall–Kier alpha value is -1.89. The van der Waals surface area contributed by atoms with Crippen LogP contribution in [0.5, 0.6) is 0 Å². The number of hydrogen-bond donors (Lipinski definition) is 1. The first-order chi connectivity index (χ1) is 13.1. The van der Waals surface area contributed by atoms with Crippen molar-refractivity contribution in [3.8, 4) is 0 Å². The van der Waals surface area contributed by atoms with Crippen molar-refractivity contribution in [1.82, 2.24) is 0 Å². The summed E-state index contributed by atoms with van der Waals surface area (Å²) >= 11 is 0. The first kappa shape index (κ1) is 26.1. The molecule has 162 valence electrons. The summed E-state index contributed by atoms with van der Waals surface area (Å²) in [6, 6.07) is 0. The zero-order valence-corrected chi connectivity index (χ0v) is 17.7. The SMILES string of the molecule is C[N+](C)(C)CC(CC(=O)[O-])OC(=O)CCC/C=C/CCCCCCCC(=O)O. The molecule has 7 heteroatoms. The van der Waals surface area contributed by atoms with Crippen molar-refractivity contribution in [1.29, 1.82) is 0 Å². The average Bonchev–Trinajstić information content (AvgIpc) is 2.53. The van der Waals surface area contributed by atoms with Crippen LogP contribution in [0.25, 0.3) is 0 Å². The zero-order valence-electron chi connectivity index (χ0n) is 17.7. The van der Waals surface area contributed by atoms with Crippen molar-refractivity contribution in [2.24, 2.45) is 0 Å². The van der Waals surface area contributed by atoms with E-state index in [2.05, 4.69) is 12.2 Å². The molecule has 0 saturated carbocycles. The molecule has 0 radical (unpaired) electrons. The minimum Gasteiger partial charge on any atom is -0.550 e. The van der Waals surface area contributed by atoms with E-state index < -0.39 is 18.0 Å². The lowest BCUT2D eigenvalue weighted by atomic mass is 10.1. The van der Waals surface area contributed by atoms with E-state index in [9.17, 15) is 19.5 Å². The highest BCUT2D eigenvalue weighted by Crippen LogP contribution is 2.10. The Morgan fingerprint density at radius 1 is 0.929 bits per heavy atom. The number of carbonyl (C=O) groups excluding carboxylic acids is 2. The predicted molar refractivity (Wildman–Crippen MR) is 105 cm³/mol. The Morgan fingerprint density at radius 2 is 1.50 bits per heavy atom. The number of carbonyl (C=O) groups is 3. The van der Waals surface area contributed by atoms with Crippen LogP contribution < -0.4 is 5.11 Å². The molecule has 7 nitrogen and oxygen atoms in total. The van der Waals surface area contributed by atoms with Crippen LogP contribution in [0, 0.1) is 0 Å². The molecule has 0 rings (SSSR count). The summed E-state index contributed by atoms with van der Waals surface area (Å²) in [5.41, 5.74) is 0. The maximum absolute atomic E-state index is 11.9. The summed E-state index contributed by atoms with van der Waals surface area (Å²) in [6.07, 6.45) is 11.2. The molecule has 1 unspecified atom stereocenters. The number of ether oxygens (including phenoxy) is 1. The number of carboxylic acid groups (broad SMARTS) is 2. The van der Waals surface area contributed by atoms with Gasteiger partial charge in [0, 0.05) is 25.2 Å². The number of esters is 1. The van der Waals surface area contributed by atoms with Crippen LogP contribution in [0.3, 0.4) is 0 Å². The lowest BCUT2D eigenvalue weighted by molar-refractivity contribution is -0.873. The van der Waals surface area contributed by atoms with Gasteiger partial charge >= 0.3 is 11.9 Å². The van der Waals surface area contributed by atoms with Gasteiger partial charge in [0.2, 0.25) is 0 Å². The Kier molecular flexibility index (Phi) is 14.1. The van der Waals surface area contributed by atoms with E-state index in [4.69, 9.17) is 9.84 Å². The minimum atomic E-state index is -1.21. The van der Waals surface area contributed by atoms with Crippen LogP contribution in [0.1, 0.15) is 70.6 Å². The number of carboxylic acids is 2. The van der Waals surface area contributed by atoms with Gasteiger partial charge in [-0.15, -0.1) is 0 Å². The number of nitrogens with zero attached hydrogens (tertiary/aromatic N) is 1. The Bertz CT molecular complexity index is 496. The summed E-state index contributed by atoms with van der Waals surface area (Å²) < 4.78 is 5.82. The highest BCUT2D eigenvalue weighted by molar-refractivity contribution is 5.70. The van der Waals surface area contributed by atoms with Gasteiger partial charge in [0.05, 0.1) is 21.1 Å². The number of hydrogen-bond acceptors (Lipinski definition) is 5. The topological polar surface area (TPSA) is 104 Å². The smallest absolute Gasteiger partial charge is 0.306 e. The van der Waals surface area contributed by atoms with Crippen molar-refractivity contribution >= 4 is 17.9 Å². The Labute approximate surface area is 169 Å². The zero-order chi connectivity index (χ0) is 21.4. The van der Waals surface area contributed by atoms with Crippen molar-refractivity contribution in [2.75, 3.05) is 27.7 Å². The second-order valence-electron chi connectivity index (χ2n) is 8.22. The van der Waals surface area contributed by atoms with Gasteiger partial charge in [-0.05, 0) is 32.1 Å². The molecule has 0 aliphatic carbocycles. The summed E-state index contributed by atoms with van der Waals surface area (Å²) in [4.78, 5) is 33.1. The molecule has 28 heavy (non-hydrogen) atoms. The third kappa shape index (κ3) is 18.9. The van der Waals surface area contributed by atoms with E-state index in [0.717, 1.165) is 44.9 Å². The lowest BCUT2D eigenvalue weighted by Crippen LogP contribution is -2.45. The fourth-order valence-corrected chi connectivity index (χ4v) is 2.85. The maximum atomic E-state index is 11.9. The average molecular weight is 400 g/mol. The summed E-state index contributed by atoms with van der Waals surface area (Å²) in [6.45, 7) is 0.427. The van der Waals surface area contributed by atoms with Gasteiger partial charge in [-0.3, -0.25) is 9.59 Å². The van der Waals surface area contributed by atoms with Crippen LogP contribution in [-0.2, 0) is 19.1 Å². The summed E-state index contributed by atoms with van der Waals surface area (Å²) in [5.74, 6) is -2.31. The molecule has 0 aromatic carbocycles. The van der Waals surface area contributed by atoms with E-state index in [1.54, 1.807) is 0 Å². The van der Waals surface area contributed by atoms with Crippen molar-refractivity contribution in [3.63, 3.8) is 0 Å². The molecule has 0 aromatic heterocycles. The fourth-order valence-electron chi connectivity index (χ4n) is 2.85. The molecular weight excluding hydrogens is 362 g/mol. The largest absolute Gasteiger partial charge is 0.550 e. The first-order valence-electron chi connectivity index (χ1n) is 10.2. The van der Waals surface area contributed by atoms with Gasteiger partial charge in [0.1, 0.15) is 6.54 Å². The third-order valence-electron chi connectivity index (χ3n) is 4.12. The number of rotatable bonds is 17. The molecule has 0 fully saturated rings. The number of allylic oxidation sites excluding steroid dienone is 2. The predicted octanol–water partition coefficient (Wildman–Crippen LogP) is 2.29. The first-order valence-corrected chi connectivity index (χ1v) is 10.2. The Morgan fingerprint density at radius 3 is 2.07 bits per heavy atom. The number of unbranched alkanes of at least 4 members (excludes halogenated alkanes) is 6. The highest BCUT2D eigenvalue weighted by atomic mass is 16.5. The maximum Gasteiger partial charge on any atom is 0.306 e. The third-order valence-corrected chi connectivity index (χ3v) is 4.12.